The van der Waals surface area contributed by atoms with Crippen LogP contribution in [0, 0.1) is 24.0 Å². The van der Waals surface area contributed by atoms with E-state index in [2.05, 4.69) is 5.32 Å². The van der Waals surface area contributed by atoms with Gasteiger partial charge in [0.1, 0.15) is 16.8 Å². The van der Waals surface area contributed by atoms with Crippen molar-refractivity contribution in [2.24, 2.45) is 0 Å². The van der Waals surface area contributed by atoms with Gasteiger partial charge in [0, 0.05) is 42.9 Å². The number of rotatable bonds is 8. The number of aromatic nitrogens is 1. The maximum absolute atomic E-state index is 14.1. The average molecular weight is 588 g/mol. The Hall–Kier alpha value is -5.13. The first-order chi connectivity index (χ1) is 20.6. The molecular formula is C31H33N5O7. The van der Waals surface area contributed by atoms with Crippen LogP contribution in [0.2, 0.25) is 0 Å². The quantitative estimate of drug-likeness (QED) is 0.117. The average Bonchev–Trinajstić information content (AvgIpc) is 3.45. The third kappa shape index (κ3) is 4.59. The predicted octanol–water partition coefficient (Wildman–Crippen LogP) is 6.54. The summed E-state index contributed by atoms with van der Waals surface area (Å²) >= 11 is 0. The van der Waals surface area contributed by atoms with Gasteiger partial charge in [-0.1, -0.05) is 18.2 Å². The van der Waals surface area contributed by atoms with Crippen molar-refractivity contribution in [2.45, 2.75) is 41.5 Å². The number of amides is 2. The number of ether oxygens (including phenoxy) is 1. The molecule has 224 valence electrons. The molecular weight excluding hydrogens is 554 g/mol. The molecule has 1 aliphatic heterocycles. The van der Waals surface area contributed by atoms with Gasteiger partial charge in [0.15, 0.2) is 17.1 Å². The van der Waals surface area contributed by atoms with Crippen LogP contribution < -0.4 is 10.1 Å². The van der Waals surface area contributed by atoms with Gasteiger partial charge in [0.05, 0.1) is 16.2 Å². The number of fused-ring (bicyclic) bond motifs is 3. The smallest absolute Gasteiger partial charge is 0.326 e. The SMILES string of the molecule is CCN(CC)C(=O)c1c2c(c(C)c(O)c1[N+](=O)[O-])Oc1c(c(C(=O)N(CC)CC)c3nc(-c4ccccc4)oc3c1C)N2. The highest BCUT2D eigenvalue weighted by molar-refractivity contribution is 6.15. The number of hydrogen-bond donors (Lipinski definition) is 2. The molecule has 0 fully saturated rings. The molecule has 4 aromatic rings. The lowest BCUT2D eigenvalue weighted by atomic mass is 9.97. The molecule has 2 amide bonds. The summed E-state index contributed by atoms with van der Waals surface area (Å²) in [6, 6.07) is 9.25. The van der Waals surface area contributed by atoms with E-state index in [1.807, 2.05) is 44.2 Å². The van der Waals surface area contributed by atoms with E-state index in [1.165, 1.54) is 11.8 Å². The molecule has 12 nitrogen and oxygen atoms in total. The molecule has 5 rings (SSSR count). The first-order valence-corrected chi connectivity index (χ1v) is 14.2. The lowest BCUT2D eigenvalue weighted by Gasteiger charge is -2.30. The largest absolute Gasteiger partial charge is 0.502 e. The molecule has 12 heteroatoms. The number of oxazole rings is 1. The van der Waals surface area contributed by atoms with Crippen molar-refractivity contribution < 1.29 is 28.8 Å². The number of carbonyl (C=O) groups is 2. The molecule has 0 spiro atoms. The molecule has 0 atom stereocenters. The van der Waals surface area contributed by atoms with Crippen LogP contribution in [0.4, 0.5) is 17.1 Å². The van der Waals surface area contributed by atoms with Crippen molar-refractivity contribution in [2.75, 3.05) is 31.5 Å². The number of nitro groups is 1. The van der Waals surface area contributed by atoms with Gasteiger partial charge in [-0.15, -0.1) is 0 Å². The van der Waals surface area contributed by atoms with E-state index in [-0.39, 0.29) is 64.1 Å². The van der Waals surface area contributed by atoms with Crippen LogP contribution in [0.25, 0.3) is 22.6 Å². The minimum atomic E-state index is -0.781. The molecule has 0 saturated heterocycles. The standard InChI is InChI=1S/C31H33N5O7/c1-7-34(8-2)30(38)19-21-27(17(6)28-22(19)33-29(43-28)18-14-12-11-13-15-18)42-26-16(5)25(37)24(36(40)41)20(23(26)32-21)31(39)35(9-3)10-4/h11-15,32,37H,7-10H2,1-6H3. The zero-order valence-electron chi connectivity index (χ0n) is 24.9. The fourth-order valence-corrected chi connectivity index (χ4v) is 5.45. The Labute approximate surface area is 248 Å². The predicted molar refractivity (Wildman–Crippen MR) is 162 cm³/mol. The highest BCUT2D eigenvalue weighted by Crippen LogP contribution is 2.55. The van der Waals surface area contributed by atoms with Crippen LogP contribution in [0.5, 0.6) is 17.2 Å². The first-order valence-electron chi connectivity index (χ1n) is 14.2. The van der Waals surface area contributed by atoms with Crippen molar-refractivity contribution in [1.29, 1.82) is 0 Å². The van der Waals surface area contributed by atoms with Gasteiger partial charge in [-0.3, -0.25) is 19.7 Å². The zero-order valence-corrected chi connectivity index (χ0v) is 24.9. The number of benzene rings is 3. The first kappa shape index (κ1) is 29.4. The van der Waals surface area contributed by atoms with Crippen molar-refractivity contribution in [3.8, 4) is 28.7 Å². The van der Waals surface area contributed by atoms with Crippen LogP contribution in [0.15, 0.2) is 34.7 Å². The second-order valence-electron chi connectivity index (χ2n) is 10.1. The third-order valence-corrected chi connectivity index (χ3v) is 7.84. The Morgan fingerprint density at radius 2 is 1.44 bits per heavy atom. The van der Waals surface area contributed by atoms with Crippen LogP contribution in [0.1, 0.15) is 59.5 Å². The Balaban J connectivity index is 1.86. The summed E-state index contributed by atoms with van der Waals surface area (Å²) in [6.07, 6.45) is 0. The fourth-order valence-electron chi connectivity index (χ4n) is 5.45. The van der Waals surface area contributed by atoms with E-state index in [4.69, 9.17) is 14.1 Å². The summed E-state index contributed by atoms with van der Waals surface area (Å²) in [5, 5.41) is 26.4. The number of nitro benzene ring substituents is 1. The lowest BCUT2D eigenvalue weighted by molar-refractivity contribution is -0.386. The molecule has 1 aliphatic rings. The number of aryl methyl sites for hydroxylation is 1. The number of nitrogens with zero attached hydrogens (tertiary/aromatic N) is 4. The van der Waals surface area contributed by atoms with Crippen molar-refractivity contribution in [3.63, 3.8) is 0 Å². The number of phenols is 1. The Morgan fingerprint density at radius 1 is 0.907 bits per heavy atom. The van der Waals surface area contributed by atoms with Crippen molar-refractivity contribution in [3.05, 3.63) is 62.7 Å². The van der Waals surface area contributed by atoms with Crippen LogP contribution in [-0.2, 0) is 0 Å². The molecule has 1 aromatic heterocycles. The minimum absolute atomic E-state index is 0.00877. The van der Waals surface area contributed by atoms with E-state index in [0.29, 0.717) is 35.7 Å². The Morgan fingerprint density at radius 3 is 2.00 bits per heavy atom. The van der Waals surface area contributed by atoms with Gasteiger partial charge in [0.25, 0.3) is 11.8 Å². The van der Waals surface area contributed by atoms with Gasteiger partial charge in [0.2, 0.25) is 11.6 Å². The van der Waals surface area contributed by atoms with Gasteiger partial charge >= 0.3 is 5.69 Å². The van der Waals surface area contributed by atoms with E-state index in [1.54, 1.807) is 25.7 Å². The van der Waals surface area contributed by atoms with Gasteiger partial charge in [-0.05, 0) is 53.7 Å². The number of carbonyl (C=O) groups excluding carboxylic acids is 2. The molecule has 3 aromatic carbocycles. The molecule has 43 heavy (non-hydrogen) atoms. The number of anilines is 2. The summed E-state index contributed by atoms with van der Waals surface area (Å²) in [5.41, 5.74) is 1.15. The number of nitrogens with one attached hydrogen (secondary N) is 1. The van der Waals surface area contributed by atoms with Crippen LogP contribution >= 0.6 is 0 Å². The second-order valence-corrected chi connectivity index (χ2v) is 10.1. The summed E-state index contributed by atoms with van der Waals surface area (Å²) < 4.78 is 12.6. The van der Waals surface area contributed by atoms with E-state index in [9.17, 15) is 24.8 Å². The molecule has 0 aliphatic carbocycles. The molecule has 0 saturated carbocycles. The number of phenolic OH excluding ortho intramolecular Hbond substituents is 1. The fraction of sp³-hybridized carbons (Fsp3) is 0.323. The molecule has 0 radical (unpaired) electrons. The molecule has 2 heterocycles. The Bertz CT molecular complexity index is 1770. The monoisotopic (exact) mass is 587 g/mol. The van der Waals surface area contributed by atoms with Crippen molar-refractivity contribution >= 4 is 40.0 Å². The normalized spacial score (nSPS) is 11.8. The van der Waals surface area contributed by atoms with Gasteiger partial charge < -0.3 is 29.4 Å². The van der Waals surface area contributed by atoms with Gasteiger partial charge in [-0.25, -0.2) is 4.98 Å². The lowest BCUT2D eigenvalue weighted by Crippen LogP contribution is -2.33. The molecule has 0 unspecified atom stereocenters. The maximum atomic E-state index is 14.1. The second kappa shape index (κ2) is 11.3. The topological polar surface area (TPSA) is 151 Å². The van der Waals surface area contributed by atoms with Gasteiger partial charge in [-0.2, -0.15) is 0 Å². The van der Waals surface area contributed by atoms with E-state index >= 15 is 0 Å². The minimum Gasteiger partial charge on any atom is -0.502 e. The van der Waals surface area contributed by atoms with E-state index in [0.717, 1.165) is 0 Å². The number of hydrogen-bond acceptors (Lipinski definition) is 9. The summed E-state index contributed by atoms with van der Waals surface area (Å²) in [5.74, 6) is -1.13. The zero-order chi connectivity index (χ0) is 31.2. The summed E-state index contributed by atoms with van der Waals surface area (Å²) in [4.78, 5) is 47.1. The molecule has 0 bridgehead atoms. The van der Waals surface area contributed by atoms with E-state index < -0.39 is 22.3 Å². The highest BCUT2D eigenvalue weighted by atomic mass is 16.6. The number of aromatic hydroxyl groups is 1. The summed E-state index contributed by atoms with van der Waals surface area (Å²) in [6.45, 7) is 11.8. The highest BCUT2D eigenvalue weighted by Gasteiger charge is 2.40. The maximum Gasteiger partial charge on any atom is 0.326 e. The molecule has 2 N–H and O–H groups in total. The summed E-state index contributed by atoms with van der Waals surface area (Å²) in [7, 11) is 0. The van der Waals surface area contributed by atoms with Crippen LogP contribution in [-0.4, -0.2) is 62.8 Å². The van der Waals surface area contributed by atoms with Crippen LogP contribution in [0.3, 0.4) is 0 Å². The third-order valence-electron chi connectivity index (χ3n) is 7.84. The van der Waals surface area contributed by atoms with Crippen molar-refractivity contribution in [1.82, 2.24) is 14.8 Å². The Kier molecular flexibility index (Phi) is 7.70.